The summed E-state index contributed by atoms with van der Waals surface area (Å²) in [6.45, 7) is 0. The lowest BCUT2D eigenvalue weighted by Crippen LogP contribution is -2.08. The highest BCUT2D eigenvalue weighted by Crippen LogP contribution is 2.31. The topological polar surface area (TPSA) is 61.1 Å². The van der Waals surface area contributed by atoms with Crippen LogP contribution in [0.15, 0.2) is 36.4 Å². The first-order valence-corrected chi connectivity index (χ1v) is 8.80. The molecule has 0 radical (unpaired) electrons. The van der Waals surface area contributed by atoms with E-state index in [1.165, 1.54) is 6.07 Å². The lowest BCUT2D eigenvalue weighted by atomic mass is 10.1. The third kappa shape index (κ3) is 6.83. The predicted octanol–water partition coefficient (Wildman–Crippen LogP) is 6.19. The number of alkyl halides is 6. The molecule has 0 bridgehead atoms. The fourth-order valence-corrected chi connectivity index (χ4v) is 2.68. The number of hydrogen-bond donors (Lipinski definition) is 1. The van der Waals surface area contributed by atoms with E-state index in [9.17, 15) is 31.1 Å². The smallest absolute Gasteiger partial charge is 0.416 e. The Labute approximate surface area is 176 Å². The van der Waals surface area contributed by atoms with Crippen molar-refractivity contribution in [2.75, 3.05) is 0 Å². The second-order valence-corrected chi connectivity index (χ2v) is 7.13. The van der Waals surface area contributed by atoms with Crippen molar-refractivity contribution in [1.29, 1.82) is 5.26 Å². The van der Waals surface area contributed by atoms with Gasteiger partial charge in [0, 0.05) is 7.14 Å². The third-order valence-corrected chi connectivity index (χ3v) is 4.82. The first kappa shape index (κ1) is 23.5. The van der Waals surface area contributed by atoms with Gasteiger partial charge in [-0.25, -0.2) is 4.79 Å². The normalized spacial score (nSPS) is 11.2. The molecule has 0 heterocycles. The molecule has 144 valence electrons. The molecular weight excluding hydrogens is 606 g/mol. The van der Waals surface area contributed by atoms with Gasteiger partial charge < -0.3 is 5.11 Å². The number of benzene rings is 2. The van der Waals surface area contributed by atoms with Crippen LogP contribution in [0.25, 0.3) is 0 Å². The fraction of sp³-hybridized carbons (Fsp3) is 0.125. The van der Waals surface area contributed by atoms with Gasteiger partial charge in [-0.15, -0.1) is 0 Å². The summed E-state index contributed by atoms with van der Waals surface area (Å²) < 4.78 is 73.7. The van der Waals surface area contributed by atoms with Gasteiger partial charge in [-0.05, 0) is 81.6 Å². The zero-order chi connectivity index (χ0) is 21.0. The Morgan fingerprint density at radius 1 is 0.889 bits per heavy atom. The summed E-state index contributed by atoms with van der Waals surface area (Å²) in [5.74, 6) is -1.36. The number of carboxylic acid groups (broad SMARTS) is 1. The maximum Gasteiger partial charge on any atom is 0.416 e. The first-order chi connectivity index (χ1) is 12.3. The molecule has 0 fully saturated rings. The van der Waals surface area contributed by atoms with E-state index in [1.807, 2.05) is 22.6 Å². The van der Waals surface area contributed by atoms with Crippen molar-refractivity contribution in [2.24, 2.45) is 0 Å². The lowest BCUT2D eigenvalue weighted by molar-refractivity contribution is -0.138. The number of halogens is 8. The Hall–Kier alpha value is -1.56. The Balaban J connectivity index is 0.000000271. The molecule has 0 aromatic heterocycles. The Morgan fingerprint density at radius 2 is 1.33 bits per heavy atom. The SMILES string of the molecule is N#Cc1cc(C(F)(F)F)ccc1I.O=C(O)c1cc(C(F)(F)F)ccc1I. The van der Waals surface area contributed by atoms with Crippen molar-refractivity contribution < 1.29 is 36.2 Å². The molecule has 2 aromatic carbocycles. The van der Waals surface area contributed by atoms with Crippen LogP contribution in [0.2, 0.25) is 0 Å². The van der Waals surface area contributed by atoms with E-state index < -0.39 is 29.4 Å². The van der Waals surface area contributed by atoms with E-state index in [1.54, 1.807) is 28.7 Å². The number of carbonyl (C=O) groups is 1. The standard InChI is InChI=1S/C8H3F3IN.C8H4F3IO2/c9-8(10,11)6-1-2-7(12)5(3-6)4-13;9-8(10,11)4-1-2-6(12)5(3-4)7(13)14/h1-3H;1-3H,(H,13,14). The van der Waals surface area contributed by atoms with E-state index in [-0.39, 0.29) is 14.7 Å². The lowest BCUT2D eigenvalue weighted by Gasteiger charge is -2.07. The van der Waals surface area contributed by atoms with Crippen LogP contribution in [0, 0.1) is 18.5 Å². The van der Waals surface area contributed by atoms with Crippen molar-refractivity contribution in [3.8, 4) is 6.07 Å². The minimum absolute atomic E-state index is 0.0513. The Bertz CT molecular complexity index is 888. The fourth-order valence-electron chi connectivity index (χ4n) is 1.65. The summed E-state index contributed by atoms with van der Waals surface area (Å²) in [6.07, 6.45) is -8.88. The van der Waals surface area contributed by atoms with Crippen LogP contribution in [-0.2, 0) is 12.4 Å². The first-order valence-electron chi connectivity index (χ1n) is 6.64. The van der Waals surface area contributed by atoms with Crippen LogP contribution in [0.4, 0.5) is 26.3 Å². The summed E-state index contributed by atoms with van der Waals surface area (Å²) >= 11 is 3.49. The summed E-state index contributed by atoms with van der Waals surface area (Å²) in [5.41, 5.74) is -2.02. The maximum atomic E-state index is 12.2. The summed E-state index contributed by atoms with van der Waals surface area (Å²) in [5, 5.41) is 17.1. The van der Waals surface area contributed by atoms with Gasteiger partial charge in [0.15, 0.2) is 0 Å². The summed E-state index contributed by atoms with van der Waals surface area (Å²) in [6, 6.07) is 7.41. The molecule has 0 unspecified atom stereocenters. The van der Waals surface area contributed by atoms with Gasteiger partial charge in [0.1, 0.15) is 6.07 Å². The molecule has 2 rings (SSSR count). The second kappa shape index (κ2) is 9.09. The number of nitriles is 1. The number of carboxylic acids is 1. The van der Waals surface area contributed by atoms with E-state index in [4.69, 9.17) is 10.4 Å². The van der Waals surface area contributed by atoms with Crippen molar-refractivity contribution >= 4 is 51.2 Å². The van der Waals surface area contributed by atoms with Crippen molar-refractivity contribution in [2.45, 2.75) is 12.4 Å². The monoisotopic (exact) mass is 613 g/mol. The number of rotatable bonds is 1. The van der Waals surface area contributed by atoms with Crippen LogP contribution in [-0.4, -0.2) is 11.1 Å². The molecule has 0 amide bonds. The number of hydrogen-bond acceptors (Lipinski definition) is 2. The average molecular weight is 613 g/mol. The molecule has 3 nitrogen and oxygen atoms in total. The molecular formula is C16H7F6I2NO2. The van der Waals surface area contributed by atoms with Crippen molar-refractivity contribution in [3.05, 3.63) is 65.8 Å². The van der Waals surface area contributed by atoms with Crippen LogP contribution in [0.5, 0.6) is 0 Å². The van der Waals surface area contributed by atoms with E-state index >= 15 is 0 Å². The van der Waals surface area contributed by atoms with Gasteiger partial charge in [-0.1, -0.05) is 0 Å². The highest BCUT2D eigenvalue weighted by molar-refractivity contribution is 14.1. The Morgan fingerprint density at radius 3 is 1.74 bits per heavy atom. The molecule has 27 heavy (non-hydrogen) atoms. The van der Waals surface area contributed by atoms with E-state index in [0.717, 1.165) is 24.3 Å². The summed E-state index contributed by atoms with van der Waals surface area (Å²) in [4.78, 5) is 10.5. The highest BCUT2D eigenvalue weighted by atomic mass is 127. The molecule has 11 heteroatoms. The Kier molecular flexibility index (Phi) is 7.90. The minimum Gasteiger partial charge on any atom is -0.478 e. The molecule has 0 saturated carbocycles. The van der Waals surface area contributed by atoms with E-state index in [2.05, 4.69) is 0 Å². The molecule has 0 saturated heterocycles. The highest BCUT2D eigenvalue weighted by Gasteiger charge is 2.32. The molecule has 0 aliphatic rings. The molecule has 0 aliphatic carbocycles. The van der Waals surface area contributed by atoms with Gasteiger partial charge in [0.05, 0.1) is 22.3 Å². The molecule has 1 N–H and O–H groups in total. The minimum atomic E-state index is -4.51. The van der Waals surface area contributed by atoms with Crippen LogP contribution in [0.1, 0.15) is 27.0 Å². The van der Waals surface area contributed by atoms with E-state index in [0.29, 0.717) is 9.64 Å². The van der Waals surface area contributed by atoms with Crippen molar-refractivity contribution in [1.82, 2.24) is 0 Å². The largest absolute Gasteiger partial charge is 0.478 e. The zero-order valence-corrected chi connectivity index (χ0v) is 17.1. The van der Waals surface area contributed by atoms with Crippen LogP contribution < -0.4 is 0 Å². The maximum absolute atomic E-state index is 12.2. The number of nitrogens with zero attached hydrogens (tertiary/aromatic N) is 1. The van der Waals surface area contributed by atoms with Crippen LogP contribution in [0.3, 0.4) is 0 Å². The zero-order valence-electron chi connectivity index (χ0n) is 12.8. The predicted molar refractivity (Wildman–Crippen MR) is 100.0 cm³/mol. The molecule has 2 aromatic rings. The number of aromatic carboxylic acids is 1. The molecule has 0 spiro atoms. The van der Waals surface area contributed by atoms with Crippen molar-refractivity contribution in [3.63, 3.8) is 0 Å². The van der Waals surface area contributed by atoms with Gasteiger partial charge in [-0.2, -0.15) is 31.6 Å². The van der Waals surface area contributed by atoms with Crippen LogP contribution >= 0.6 is 45.2 Å². The van der Waals surface area contributed by atoms with Gasteiger partial charge in [-0.3, -0.25) is 0 Å². The van der Waals surface area contributed by atoms with Gasteiger partial charge >= 0.3 is 18.3 Å². The summed E-state index contributed by atoms with van der Waals surface area (Å²) in [7, 11) is 0. The van der Waals surface area contributed by atoms with Gasteiger partial charge in [0.2, 0.25) is 0 Å². The average Bonchev–Trinajstić information content (AvgIpc) is 2.53. The quantitative estimate of drug-likeness (QED) is 0.309. The molecule has 0 aliphatic heterocycles. The second-order valence-electron chi connectivity index (χ2n) is 4.80. The van der Waals surface area contributed by atoms with Gasteiger partial charge in [0.25, 0.3) is 0 Å². The molecule has 0 atom stereocenters. The third-order valence-electron chi connectivity index (χ3n) is 2.94.